The van der Waals surface area contributed by atoms with E-state index in [1.807, 2.05) is 22.4 Å². The van der Waals surface area contributed by atoms with Gasteiger partial charge in [-0.25, -0.2) is 4.98 Å². The molecule has 5 heteroatoms. The van der Waals surface area contributed by atoms with E-state index in [0.29, 0.717) is 6.54 Å². The molecule has 98 valence electrons. The van der Waals surface area contributed by atoms with Gasteiger partial charge >= 0.3 is 0 Å². The quantitative estimate of drug-likeness (QED) is 0.932. The molecule has 2 aromatic heterocycles. The number of thiophene rings is 1. The summed E-state index contributed by atoms with van der Waals surface area (Å²) in [6.45, 7) is 0.594. The number of hydrogen-bond donors (Lipinski definition) is 1. The summed E-state index contributed by atoms with van der Waals surface area (Å²) in [6, 6.07) is 7.40. The molecule has 0 saturated heterocycles. The summed E-state index contributed by atoms with van der Waals surface area (Å²) >= 11 is 1.64. The Kier molecular flexibility index (Phi) is 3.21. The average molecular weight is 274 g/mol. The second-order valence-electron chi connectivity index (χ2n) is 4.61. The molecule has 0 atom stereocenters. The summed E-state index contributed by atoms with van der Waals surface area (Å²) in [4.78, 5) is 19.4. The number of pyridine rings is 1. The molecule has 0 aromatic carbocycles. The number of aromatic hydroxyl groups is 1. The molecule has 1 saturated carbocycles. The first-order valence-corrected chi connectivity index (χ1v) is 7.11. The standard InChI is InChI=1S/C14H14N2O2S/c17-12-4-1-7-15-13(12)14(18)16(10-5-6-10)9-11-3-2-8-19-11/h1-4,7-8,10,17H,5-6,9H2. The van der Waals surface area contributed by atoms with Crippen molar-refractivity contribution in [2.75, 3.05) is 0 Å². The second-order valence-corrected chi connectivity index (χ2v) is 5.65. The lowest BCUT2D eigenvalue weighted by atomic mass is 10.2. The highest BCUT2D eigenvalue weighted by Crippen LogP contribution is 2.31. The van der Waals surface area contributed by atoms with Crippen LogP contribution in [0.3, 0.4) is 0 Å². The maximum atomic E-state index is 12.5. The fourth-order valence-corrected chi connectivity index (χ4v) is 2.72. The zero-order valence-corrected chi connectivity index (χ0v) is 11.1. The summed E-state index contributed by atoms with van der Waals surface area (Å²) < 4.78 is 0. The van der Waals surface area contributed by atoms with E-state index in [4.69, 9.17) is 0 Å². The Labute approximate surface area is 115 Å². The number of carbonyl (C=O) groups is 1. The molecule has 1 amide bonds. The first kappa shape index (κ1) is 12.2. The van der Waals surface area contributed by atoms with E-state index in [0.717, 1.165) is 17.7 Å². The summed E-state index contributed by atoms with van der Waals surface area (Å²) in [5.74, 6) is -0.238. The van der Waals surface area contributed by atoms with Crippen LogP contribution in [0, 0.1) is 0 Å². The maximum Gasteiger partial charge on any atom is 0.276 e. The summed E-state index contributed by atoms with van der Waals surface area (Å²) in [7, 11) is 0. The Hall–Kier alpha value is -1.88. The van der Waals surface area contributed by atoms with Crippen molar-refractivity contribution in [3.8, 4) is 5.75 Å². The first-order valence-electron chi connectivity index (χ1n) is 6.23. The predicted octanol–water partition coefficient (Wildman–Crippen LogP) is 2.65. The molecule has 0 aliphatic heterocycles. The van der Waals surface area contributed by atoms with Gasteiger partial charge in [-0.1, -0.05) is 6.07 Å². The van der Waals surface area contributed by atoms with Gasteiger partial charge in [0.2, 0.25) is 0 Å². The minimum absolute atomic E-state index is 0.0515. The molecule has 2 aromatic rings. The molecule has 4 nitrogen and oxygen atoms in total. The van der Waals surface area contributed by atoms with Crippen LogP contribution in [0.25, 0.3) is 0 Å². The van der Waals surface area contributed by atoms with Gasteiger partial charge in [-0.05, 0) is 36.4 Å². The van der Waals surface area contributed by atoms with E-state index < -0.39 is 0 Å². The van der Waals surface area contributed by atoms with Crippen LogP contribution in [0.5, 0.6) is 5.75 Å². The highest BCUT2D eigenvalue weighted by molar-refractivity contribution is 7.09. The summed E-state index contributed by atoms with van der Waals surface area (Å²) in [6.07, 6.45) is 3.60. The highest BCUT2D eigenvalue weighted by atomic mass is 32.1. The largest absolute Gasteiger partial charge is 0.505 e. The van der Waals surface area contributed by atoms with E-state index in [9.17, 15) is 9.90 Å². The van der Waals surface area contributed by atoms with E-state index in [-0.39, 0.29) is 23.4 Å². The smallest absolute Gasteiger partial charge is 0.276 e. The summed E-state index contributed by atoms with van der Waals surface area (Å²) in [5, 5.41) is 11.8. The number of amides is 1. The Bertz CT molecular complexity index is 579. The number of carbonyl (C=O) groups excluding carboxylic acids is 1. The van der Waals surface area contributed by atoms with Gasteiger partial charge < -0.3 is 10.0 Å². The van der Waals surface area contributed by atoms with Gasteiger partial charge in [0.15, 0.2) is 5.69 Å². The lowest BCUT2D eigenvalue weighted by Gasteiger charge is -2.21. The number of hydrogen-bond acceptors (Lipinski definition) is 4. The van der Waals surface area contributed by atoms with Crippen LogP contribution in [0.4, 0.5) is 0 Å². The van der Waals surface area contributed by atoms with Gasteiger partial charge in [-0.15, -0.1) is 11.3 Å². The minimum Gasteiger partial charge on any atom is -0.505 e. The van der Waals surface area contributed by atoms with Crippen molar-refractivity contribution in [3.05, 3.63) is 46.4 Å². The molecule has 1 fully saturated rings. The molecule has 2 heterocycles. The molecule has 1 aliphatic rings. The normalized spacial score (nSPS) is 14.3. The molecule has 1 aliphatic carbocycles. The van der Waals surface area contributed by atoms with Crippen LogP contribution in [-0.2, 0) is 6.54 Å². The maximum absolute atomic E-state index is 12.5. The summed E-state index contributed by atoms with van der Waals surface area (Å²) in [5.41, 5.74) is 0.144. The van der Waals surface area contributed by atoms with Crippen molar-refractivity contribution in [1.82, 2.24) is 9.88 Å². The van der Waals surface area contributed by atoms with Crippen LogP contribution in [0.2, 0.25) is 0 Å². The van der Waals surface area contributed by atoms with Crippen LogP contribution >= 0.6 is 11.3 Å². The SMILES string of the molecule is O=C(c1ncccc1O)N(Cc1cccs1)C1CC1. The lowest BCUT2D eigenvalue weighted by Crippen LogP contribution is -2.32. The van der Waals surface area contributed by atoms with Crippen molar-refractivity contribution in [2.45, 2.75) is 25.4 Å². The van der Waals surface area contributed by atoms with Gasteiger partial charge in [-0.3, -0.25) is 4.79 Å². The van der Waals surface area contributed by atoms with E-state index in [1.165, 1.54) is 12.3 Å². The van der Waals surface area contributed by atoms with Crippen molar-refractivity contribution >= 4 is 17.2 Å². The average Bonchev–Trinajstić information content (AvgIpc) is 3.13. The van der Waals surface area contributed by atoms with Gasteiger partial charge in [0.25, 0.3) is 5.91 Å². The van der Waals surface area contributed by atoms with Crippen LogP contribution in [0.15, 0.2) is 35.8 Å². The van der Waals surface area contributed by atoms with E-state index in [2.05, 4.69) is 4.98 Å². The Morgan fingerprint density at radius 1 is 1.42 bits per heavy atom. The Balaban J connectivity index is 1.84. The molecule has 19 heavy (non-hydrogen) atoms. The fraction of sp³-hybridized carbons (Fsp3) is 0.286. The van der Waals surface area contributed by atoms with Crippen molar-refractivity contribution < 1.29 is 9.90 Å². The number of aromatic nitrogens is 1. The molecule has 0 unspecified atom stereocenters. The third-order valence-electron chi connectivity index (χ3n) is 3.14. The number of rotatable bonds is 4. The molecular formula is C14H14N2O2S. The molecule has 1 N–H and O–H groups in total. The predicted molar refractivity (Wildman–Crippen MR) is 73.1 cm³/mol. The zero-order chi connectivity index (χ0) is 13.2. The zero-order valence-electron chi connectivity index (χ0n) is 10.3. The molecule has 0 radical (unpaired) electrons. The van der Waals surface area contributed by atoms with Gasteiger partial charge in [0, 0.05) is 17.1 Å². The van der Waals surface area contributed by atoms with Crippen molar-refractivity contribution in [1.29, 1.82) is 0 Å². The van der Waals surface area contributed by atoms with Gasteiger partial charge in [0.05, 0.1) is 6.54 Å². The topological polar surface area (TPSA) is 53.4 Å². The Morgan fingerprint density at radius 3 is 2.89 bits per heavy atom. The van der Waals surface area contributed by atoms with Crippen molar-refractivity contribution in [2.24, 2.45) is 0 Å². The Morgan fingerprint density at radius 2 is 2.26 bits per heavy atom. The third kappa shape index (κ3) is 2.61. The van der Waals surface area contributed by atoms with E-state index >= 15 is 0 Å². The van der Waals surface area contributed by atoms with E-state index in [1.54, 1.807) is 17.4 Å². The van der Waals surface area contributed by atoms with Crippen LogP contribution in [0.1, 0.15) is 28.2 Å². The second kappa shape index (κ2) is 5.01. The molecule has 3 rings (SSSR count). The molecule has 0 bridgehead atoms. The van der Waals surface area contributed by atoms with Crippen LogP contribution < -0.4 is 0 Å². The monoisotopic (exact) mass is 274 g/mol. The van der Waals surface area contributed by atoms with Gasteiger partial charge in [-0.2, -0.15) is 0 Å². The van der Waals surface area contributed by atoms with Crippen LogP contribution in [-0.4, -0.2) is 26.9 Å². The van der Waals surface area contributed by atoms with Crippen molar-refractivity contribution in [3.63, 3.8) is 0 Å². The minimum atomic E-state index is -0.186. The fourth-order valence-electron chi connectivity index (χ4n) is 2.02. The number of nitrogens with zero attached hydrogens (tertiary/aromatic N) is 2. The van der Waals surface area contributed by atoms with Gasteiger partial charge in [0.1, 0.15) is 5.75 Å². The third-order valence-corrected chi connectivity index (χ3v) is 4.00. The lowest BCUT2D eigenvalue weighted by molar-refractivity contribution is 0.0722. The molecule has 0 spiro atoms. The highest BCUT2D eigenvalue weighted by Gasteiger charge is 2.34. The first-order chi connectivity index (χ1) is 9.25. The molecular weight excluding hydrogens is 260 g/mol.